The van der Waals surface area contributed by atoms with Crippen molar-refractivity contribution in [2.24, 2.45) is 10.8 Å². The molecule has 2 heterocycles. The minimum Gasteiger partial charge on any atom is -0.493 e. The van der Waals surface area contributed by atoms with Crippen LogP contribution in [0.3, 0.4) is 0 Å². The molecule has 2 unspecified atom stereocenters. The summed E-state index contributed by atoms with van der Waals surface area (Å²) in [7, 11) is 6.01. The lowest BCUT2D eigenvalue weighted by Crippen LogP contribution is -2.83. The van der Waals surface area contributed by atoms with Crippen molar-refractivity contribution >= 4 is 0 Å². The number of methoxy groups -OCH3 is 2. The lowest BCUT2D eigenvalue weighted by atomic mass is 9.32. The van der Waals surface area contributed by atoms with Crippen molar-refractivity contribution in [3.05, 3.63) is 59.2 Å². The summed E-state index contributed by atoms with van der Waals surface area (Å²) >= 11 is 0. The number of piperidine rings is 1. The summed E-state index contributed by atoms with van der Waals surface area (Å²) in [5.41, 5.74) is 3.70. The van der Waals surface area contributed by atoms with E-state index in [-0.39, 0.29) is 22.3 Å². The van der Waals surface area contributed by atoms with E-state index in [2.05, 4.69) is 61.3 Å². The minimum absolute atomic E-state index is 0.0190. The van der Waals surface area contributed by atoms with Gasteiger partial charge < -0.3 is 23.8 Å². The summed E-state index contributed by atoms with van der Waals surface area (Å²) in [4.78, 5) is 2.64. The molecule has 6 aliphatic rings. The van der Waals surface area contributed by atoms with E-state index < -0.39 is 5.60 Å². The predicted molar refractivity (Wildman–Crippen MR) is 134 cm³/mol. The highest BCUT2D eigenvalue weighted by Gasteiger charge is 2.82. The van der Waals surface area contributed by atoms with Crippen LogP contribution in [0.2, 0.25) is 0 Å². The Morgan fingerprint density at radius 2 is 1.89 bits per heavy atom. The third-order valence-corrected chi connectivity index (χ3v) is 10.9. The maximum Gasteiger partial charge on any atom is 0.165 e. The molecule has 5 nitrogen and oxygen atoms in total. The Bertz CT molecular complexity index is 1170. The van der Waals surface area contributed by atoms with Gasteiger partial charge in [0.2, 0.25) is 0 Å². The van der Waals surface area contributed by atoms with E-state index in [0.717, 1.165) is 43.7 Å². The van der Waals surface area contributed by atoms with Crippen molar-refractivity contribution in [2.75, 3.05) is 34.4 Å². The minimum atomic E-state index is -0.398. The molecule has 3 saturated carbocycles. The molecule has 0 amide bonds. The van der Waals surface area contributed by atoms with Crippen LogP contribution in [0.15, 0.2) is 42.5 Å². The van der Waals surface area contributed by atoms with Gasteiger partial charge in [-0.3, -0.25) is 0 Å². The molecule has 186 valence electrons. The van der Waals surface area contributed by atoms with Crippen molar-refractivity contribution < 1.29 is 18.9 Å². The average Bonchev–Trinajstić information content (AvgIpc) is 3.23. The van der Waals surface area contributed by atoms with E-state index in [1.54, 1.807) is 7.11 Å². The quantitative estimate of drug-likeness (QED) is 0.603. The monoisotopic (exact) mass is 475 g/mol. The second kappa shape index (κ2) is 7.24. The molecule has 0 radical (unpaired) electrons. The molecule has 0 aromatic heterocycles. The highest BCUT2D eigenvalue weighted by molar-refractivity contribution is 5.63. The van der Waals surface area contributed by atoms with Crippen molar-refractivity contribution in [2.45, 2.75) is 68.8 Å². The van der Waals surface area contributed by atoms with Crippen LogP contribution in [0.4, 0.5) is 0 Å². The Labute approximate surface area is 208 Å². The van der Waals surface area contributed by atoms with Gasteiger partial charge >= 0.3 is 0 Å². The molecule has 5 heteroatoms. The molecule has 6 atom stereocenters. The molecule has 4 aliphatic carbocycles. The van der Waals surface area contributed by atoms with Crippen LogP contribution >= 0.6 is 0 Å². The summed E-state index contributed by atoms with van der Waals surface area (Å²) < 4.78 is 26.1. The standard InChI is InChI=1S/C30H37NO4/c1-27(19-34-17-20-8-6-5-7-9-20)18-28-12-13-30(27,33-4)26-29(28)14-15-31(2)23(28)16-21-10-11-22(32-3)25(35-26)24(21)29/h5-11,23,26H,12-19H2,1-4H3/t23-,26-,27-,28?,29+,30?/m1/s1. The van der Waals surface area contributed by atoms with Gasteiger partial charge in [-0.2, -0.15) is 0 Å². The molecular formula is C30H37NO4. The van der Waals surface area contributed by atoms with Gasteiger partial charge in [-0.1, -0.05) is 43.3 Å². The number of likely N-dealkylation sites (tertiary alicyclic amines) is 1. The fraction of sp³-hybridized carbons (Fsp3) is 0.600. The third kappa shape index (κ3) is 2.45. The Kier molecular flexibility index (Phi) is 4.58. The van der Waals surface area contributed by atoms with E-state index in [1.807, 2.05) is 7.11 Å². The molecule has 8 rings (SSSR count). The summed E-state index contributed by atoms with van der Waals surface area (Å²) in [6.45, 7) is 4.80. The number of nitrogens with zero attached hydrogens (tertiary/aromatic N) is 1. The lowest BCUT2D eigenvalue weighted by Gasteiger charge is -2.76. The second-order valence-electron chi connectivity index (χ2n) is 12.0. The summed E-state index contributed by atoms with van der Waals surface area (Å²) in [5, 5.41) is 0. The first-order chi connectivity index (χ1) is 16.9. The molecule has 2 aliphatic heterocycles. The normalized spacial score (nSPS) is 40.3. The topological polar surface area (TPSA) is 40.2 Å². The smallest absolute Gasteiger partial charge is 0.165 e. The molecule has 2 aromatic carbocycles. The zero-order valence-electron chi connectivity index (χ0n) is 21.4. The Hall–Kier alpha value is -2.08. The fourth-order valence-electron chi connectivity index (χ4n) is 9.54. The van der Waals surface area contributed by atoms with Crippen LogP contribution in [-0.4, -0.2) is 57.1 Å². The lowest BCUT2D eigenvalue weighted by molar-refractivity contribution is -0.313. The maximum absolute atomic E-state index is 7.09. The zero-order chi connectivity index (χ0) is 24.1. The van der Waals surface area contributed by atoms with Crippen molar-refractivity contribution in [1.82, 2.24) is 4.90 Å². The first-order valence-corrected chi connectivity index (χ1v) is 13.2. The van der Waals surface area contributed by atoms with Crippen LogP contribution < -0.4 is 9.47 Å². The zero-order valence-corrected chi connectivity index (χ0v) is 21.4. The van der Waals surface area contributed by atoms with E-state index in [4.69, 9.17) is 18.9 Å². The maximum atomic E-state index is 7.09. The molecule has 0 N–H and O–H groups in total. The third-order valence-electron chi connectivity index (χ3n) is 10.9. The predicted octanol–water partition coefficient (Wildman–Crippen LogP) is 4.75. The van der Waals surface area contributed by atoms with E-state index >= 15 is 0 Å². The Morgan fingerprint density at radius 1 is 1.06 bits per heavy atom. The number of fused-ring (bicyclic) bond motifs is 2. The molecule has 4 fully saturated rings. The summed E-state index contributed by atoms with van der Waals surface area (Å²) in [6.07, 6.45) is 5.48. The second-order valence-corrected chi connectivity index (χ2v) is 12.0. The number of benzene rings is 2. The van der Waals surface area contributed by atoms with Crippen LogP contribution in [0.1, 0.15) is 49.3 Å². The van der Waals surface area contributed by atoms with Gasteiger partial charge in [0.05, 0.1) is 20.3 Å². The van der Waals surface area contributed by atoms with E-state index in [9.17, 15) is 0 Å². The summed E-state index contributed by atoms with van der Waals surface area (Å²) in [6, 6.07) is 15.4. The first-order valence-electron chi connectivity index (χ1n) is 13.2. The number of hydrogen-bond donors (Lipinski definition) is 0. The van der Waals surface area contributed by atoms with Gasteiger partial charge in [0.15, 0.2) is 11.5 Å². The van der Waals surface area contributed by atoms with Crippen molar-refractivity contribution in [3.8, 4) is 11.5 Å². The number of likely N-dealkylation sites (N-methyl/N-ethyl adjacent to an activating group) is 1. The Morgan fingerprint density at radius 3 is 2.66 bits per heavy atom. The van der Waals surface area contributed by atoms with E-state index in [0.29, 0.717) is 19.3 Å². The van der Waals surface area contributed by atoms with Gasteiger partial charge in [-0.25, -0.2) is 0 Å². The van der Waals surface area contributed by atoms with Crippen molar-refractivity contribution in [1.29, 1.82) is 0 Å². The molecule has 2 spiro atoms. The molecule has 35 heavy (non-hydrogen) atoms. The van der Waals surface area contributed by atoms with E-state index in [1.165, 1.54) is 23.1 Å². The SMILES string of the molecule is COc1ccc2c3c1O[C@H]1C4(OC)CCC5(C[C@]4(C)COCc4ccccc4)[C@@H](C2)N(C)CC[C@]315. The largest absolute Gasteiger partial charge is 0.493 e. The van der Waals surface area contributed by atoms with Gasteiger partial charge in [0.25, 0.3) is 0 Å². The fourth-order valence-corrected chi connectivity index (χ4v) is 9.54. The summed E-state index contributed by atoms with van der Waals surface area (Å²) in [5.74, 6) is 1.85. The van der Waals surface area contributed by atoms with Crippen LogP contribution in [-0.2, 0) is 27.9 Å². The molecule has 1 saturated heterocycles. The number of ether oxygens (including phenoxy) is 4. The first kappa shape index (κ1) is 22.1. The molecule has 4 bridgehead atoms. The Balaban J connectivity index is 1.36. The van der Waals surface area contributed by atoms with Gasteiger partial charge in [0, 0.05) is 35.0 Å². The van der Waals surface area contributed by atoms with Crippen LogP contribution in [0, 0.1) is 10.8 Å². The van der Waals surface area contributed by atoms with Gasteiger partial charge in [-0.05, 0) is 62.9 Å². The van der Waals surface area contributed by atoms with Gasteiger partial charge in [0.1, 0.15) is 11.7 Å². The average molecular weight is 476 g/mol. The molecular weight excluding hydrogens is 438 g/mol. The number of hydrogen-bond acceptors (Lipinski definition) is 5. The highest BCUT2D eigenvalue weighted by atomic mass is 16.6. The van der Waals surface area contributed by atoms with Crippen LogP contribution in [0.25, 0.3) is 0 Å². The number of rotatable bonds is 6. The molecule has 2 aromatic rings. The van der Waals surface area contributed by atoms with Crippen LogP contribution in [0.5, 0.6) is 11.5 Å². The highest BCUT2D eigenvalue weighted by Crippen LogP contribution is 2.78. The van der Waals surface area contributed by atoms with Crippen molar-refractivity contribution in [3.63, 3.8) is 0 Å². The van der Waals surface area contributed by atoms with Gasteiger partial charge in [-0.15, -0.1) is 0 Å².